The number of benzene rings is 1. The van der Waals surface area contributed by atoms with Crippen LogP contribution in [0.2, 0.25) is 0 Å². The Kier molecular flexibility index (Phi) is 3.73. The second-order valence-corrected chi connectivity index (χ2v) is 4.11. The fourth-order valence-corrected chi connectivity index (χ4v) is 1.78. The maximum absolute atomic E-state index is 12.1. The van der Waals surface area contributed by atoms with Crippen LogP contribution in [-0.2, 0) is 0 Å². The number of hydrogen-bond acceptors (Lipinski definition) is 3. The summed E-state index contributed by atoms with van der Waals surface area (Å²) in [5, 5.41) is 2.83. The third kappa shape index (κ3) is 2.57. The van der Waals surface area contributed by atoms with Gasteiger partial charge in [0.05, 0.1) is 5.56 Å². The molecule has 1 aromatic rings. The van der Waals surface area contributed by atoms with E-state index < -0.39 is 0 Å². The number of rotatable bonds is 3. The van der Waals surface area contributed by atoms with E-state index in [2.05, 4.69) is 11.2 Å². The Balaban J connectivity index is 2.18. The fraction of sp³-hybridized carbons (Fsp3) is 0.357. The summed E-state index contributed by atoms with van der Waals surface area (Å²) in [5.74, 6) is 3.44. The van der Waals surface area contributed by atoms with E-state index in [1.54, 1.807) is 18.2 Å². The number of ether oxygens (including phenoxy) is 2. The highest BCUT2D eigenvalue weighted by Gasteiger charge is 2.20. The van der Waals surface area contributed by atoms with Crippen molar-refractivity contribution in [1.29, 1.82) is 0 Å². The van der Waals surface area contributed by atoms with Gasteiger partial charge in [0.25, 0.3) is 5.91 Å². The predicted octanol–water partition coefficient (Wildman–Crippen LogP) is 1.60. The number of nitrogens with one attached hydrogen (secondary N) is 1. The van der Waals surface area contributed by atoms with Crippen molar-refractivity contribution in [2.24, 2.45) is 0 Å². The number of fused-ring (bicyclic) bond motifs is 1. The van der Waals surface area contributed by atoms with E-state index in [0.717, 1.165) is 0 Å². The molecule has 1 aliphatic heterocycles. The zero-order valence-electron chi connectivity index (χ0n) is 10.2. The molecule has 94 valence electrons. The first-order valence-electron chi connectivity index (χ1n) is 5.85. The van der Waals surface area contributed by atoms with Crippen molar-refractivity contribution < 1.29 is 14.3 Å². The normalized spacial score (nSPS) is 14.4. The van der Waals surface area contributed by atoms with Gasteiger partial charge in [0.15, 0.2) is 11.5 Å². The van der Waals surface area contributed by atoms with Gasteiger partial charge in [-0.3, -0.25) is 4.79 Å². The van der Waals surface area contributed by atoms with Gasteiger partial charge in [0.2, 0.25) is 0 Å². The quantitative estimate of drug-likeness (QED) is 0.823. The second kappa shape index (κ2) is 5.46. The molecule has 1 aromatic carbocycles. The average molecular weight is 245 g/mol. The van der Waals surface area contributed by atoms with Crippen LogP contribution in [0.1, 0.15) is 23.7 Å². The van der Waals surface area contributed by atoms with Crippen LogP contribution in [0.4, 0.5) is 0 Å². The molecule has 0 saturated heterocycles. The zero-order chi connectivity index (χ0) is 13.0. The Morgan fingerprint density at radius 2 is 2.28 bits per heavy atom. The largest absolute Gasteiger partial charge is 0.486 e. The van der Waals surface area contributed by atoms with Crippen molar-refractivity contribution in [1.82, 2.24) is 5.32 Å². The van der Waals surface area contributed by atoms with Gasteiger partial charge in [-0.1, -0.05) is 6.07 Å². The lowest BCUT2D eigenvalue weighted by Gasteiger charge is -2.21. The minimum Gasteiger partial charge on any atom is -0.486 e. The van der Waals surface area contributed by atoms with Gasteiger partial charge in [-0.25, -0.2) is 0 Å². The lowest BCUT2D eigenvalue weighted by Crippen LogP contribution is -2.33. The summed E-state index contributed by atoms with van der Waals surface area (Å²) in [6, 6.07) is 5.21. The van der Waals surface area contributed by atoms with Crippen LogP contribution < -0.4 is 14.8 Å². The van der Waals surface area contributed by atoms with E-state index in [4.69, 9.17) is 15.9 Å². The number of para-hydroxylation sites is 1. The van der Waals surface area contributed by atoms with Gasteiger partial charge in [-0.05, 0) is 19.1 Å². The van der Waals surface area contributed by atoms with Crippen LogP contribution in [0.25, 0.3) is 0 Å². The molecule has 1 unspecified atom stereocenters. The fourth-order valence-electron chi connectivity index (χ4n) is 1.78. The molecule has 0 radical (unpaired) electrons. The maximum Gasteiger partial charge on any atom is 0.255 e. The van der Waals surface area contributed by atoms with Crippen molar-refractivity contribution in [2.75, 3.05) is 13.2 Å². The summed E-state index contributed by atoms with van der Waals surface area (Å²) in [6.07, 6.45) is 5.71. The van der Waals surface area contributed by atoms with Crippen LogP contribution in [0.3, 0.4) is 0 Å². The molecule has 1 amide bonds. The molecule has 18 heavy (non-hydrogen) atoms. The van der Waals surface area contributed by atoms with E-state index in [1.807, 2.05) is 6.92 Å². The van der Waals surface area contributed by atoms with Crippen molar-refractivity contribution in [2.45, 2.75) is 19.4 Å². The lowest BCUT2D eigenvalue weighted by atomic mass is 10.1. The Bertz CT molecular complexity index is 490. The number of terminal acetylenes is 1. The molecular formula is C14H15NO3. The standard InChI is InChI=1S/C14H15NO3/c1-3-5-10(2)15-14(16)11-6-4-7-12-13(11)18-9-8-17-12/h1,4,6-7,10H,5,8-9H2,2H3,(H,15,16). The first-order valence-corrected chi connectivity index (χ1v) is 5.85. The summed E-state index contributed by atoms with van der Waals surface area (Å²) >= 11 is 0. The van der Waals surface area contributed by atoms with Gasteiger partial charge in [0, 0.05) is 12.5 Å². The van der Waals surface area contributed by atoms with Gasteiger partial charge in [-0.15, -0.1) is 12.3 Å². The maximum atomic E-state index is 12.1. The number of carbonyl (C=O) groups is 1. The Hall–Kier alpha value is -2.15. The summed E-state index contributed by atoms with van der Waals surface area (Å²) in [7, 11) is 0. The molecule has 0 saturated carbocycles. The minimum absolute atomic E-state index is 0.0668. The second-order valence-electron chi connectivity index (χ2n) is 4.11. The van der Waals surface area contributed by atoms with E-state index >= 15 is 0 Å². The van der Waals surface area contributed by atoms with E-state index in [1.165, 1.54) is 0 Å². The van der Waals surface area contributed by atoms with Crippen LogP contribution in [0, 0.1) is 12.3 Å². The molecule has 1 aliphatic rings. The third-order valence-corrected chi connectivity index (χ3v) is 2.61. The van der Waals surface area contributed by atoms with Crippen LogP contribution in [-0.4, -0.2) is 25.2 Å². The minimum atomic E-state index is -0.194. The first-order chi connectivity index (χ1) is 8.72. The van der Waals surface area contributed by atoms with E-state index in [9.17, 15) is 4.79 Å². The van der Waals surface area contributed by atoms with E-state index in [0.29, 0.717) is 36.7 Å². The van der Waals surface area contributed by atoms with Crippen molar-refractivity contribution in [3.63, 3.8) is 0 Å². The van der Waals surface area contributed by atoms with Gasteiger partial charge < -0.3 is 14.8 Å². The van der Waals surface area contributed by atoms with Gasteiger partial charge in [-0.2, -0.15) is 0 Å². The van der Waals surface area contributed by atoms with Crippen molar-refractivity contribution in [3.8, 4) is 23.8 Å². The molecule has 0 bridgehead atoms. The molecule has 2 rings (SSSR count). The summed E-state index contributed by atoms with van der Waals surface area (Å²) < 4.78 is 10.9. The summed E-state index contributed by atoms with van der Waals surface area (Å²) in [4.78, 5) is 12.1. The smallest absolute Gasteiger partial charge is 0.255 e. The SMILES string of the molecule is C#CCC(C)NC(=O)c1cccc2c1OCCO2. The van der Waals surface area contributed by atoms with Crippen LogP contribution >= 0.6 is 0 Å². The van der Waals surface area contributed by atoms with Gasteiger partial charge >= 0.3 is 0 Å². The lowest BCUT2D eigenvalue weighted by molar-refractivity contribution is 0.0930. The first kappa shape index (κ1) is 12.3. The third-order valence-electron chi connectivity index (χ3n) is 2.61. The molecule has 1 N–H and O–H groups in total. The van der Waals surface area contributed by atoms with E-state index in [-0.39, 0.29) is 11.9 Å². The highest BCUT2D eigenvalue weighted by Crippen LogP contribution is 2.33. The van der Waals surface area contributed by atoms with Crippen molar-refractivity contribution in [3.05, 3.63) is 23.8 Å². The highest BCUT2D eigenvalue weighted by molar-refractivity contribution is 5.98. The zero-order valence-corrected chi connectivity index (χ0v) is 10.2. The molecule has 1 heterocycles. The molecule has 1 atom stereocenters. The molecule has 0 aromatic heterocycles. The molecule has 0 spiro atoms. The Morgan fingerprint density at radius 3 is 3.06 bits per heavy atom. The van der Waals surface area contributed by atoms with Crippen molar-refractivity contribution >= 4 is 5.91 Å². The van der Waals surface area contributed by atoms with Crippen LogP contribution in [0.5, 0.6) is 11.5 Å². The molecule has 4 heteroatoms. The number of carbonyl (C=O) groups excluding carboxylic acids is 1. The monoisotopic (exact) mass is 245 g/mol. The highest BCUT2D eigenvalue weighted by atomic mass is 16.6. The Morgan fingerprint density at radius 1 is 1.50 bits per heavy atom. The molecular weight excluding hydrogens is 230 g/mol. The summed E-state index contributed by atoms with van der Waals surface area (Å²) in [6.45, 7) is 2.83. The average Bonchev–Trinajstić information content (AvgIpc) is 2.38. The van der Waals surface area contributed by atoms with Gasteiger partial charge in [0.1, 0.15) is 13.2 Å². The Labute approximate surface area is 106 Å². The molecule has 0 aliphatic carbocycles. The van der Waals surface area contributed by atoms with Crippen LogP contribution in [0.15, 0.2) is 18.2 Å². The predicted molar refractivity (Wildman–Crippen MR) is 67.8 cm³/mol. The number of hydrogen-bond donors (Lipinski definition) is 1. The molecule has 4 nitrogen and oxygen atoms in total. The molecule has 0 fully saturated rings. The topological polar surface area (TPSA) is 47.6 Å². The number of amides is 1. The summed E-state index contributed by atoms with van der Waals surface area (Å²) in [5.41, 5.74) is 0.482.